The molecule has 0 radical (unpaired) electrons. The van der Waals surface area contributed by atoms with Crippen LogP contribution in [0, 0.1) is 23.7 Å². The fraction of sp³-hybridized carbons (Fsp3) is 0.542. The van der Waals surface area contributed by atoms with E-state index in [2.05, 4.69) is 0 Å². The zero-order valence-electron chi connectivity index (χ0n) is 19.2. The molecule has 3 unspecified atom stereocenters. The number of aliphatic hydroxyl groups excluding tert-OH is 1. The molecule has 5 N–H and O–H groups in total. The fourth-order valence-corrected chi connectivity index (χ4v) is 6.33. The molecule has 188 valence electrons. The highest BCUT2D eigenvalue weighted by atomic mass is 35.5. The third-order valence-electron chi connectivity index (χ3n) is 7.68. The van der Waals surface area contributed by atoms with E-state index >= 15 is 0 Å². The molecule has 0 aliphatic heterocycles. The smallest absolute Gasteiger partial charge is 0.235 e. The van der Waals surface area contributed by atoms with Crippen LogP contribution in [0.15, 0.2) is 12.1 Å². The highest BCUT2D eigenvalue weighted by Gasteiger charge is 2.69. The van der Waals surface area contributed by atoms with Crippen LogP contribution < -0.4 is 5.73 Å². The van der Waals surface area contributed by atoms with Gasteiger partial charge in [0, 0.05) is 5.92 Å². The van der Waals surface area contributed by atoms with E-state index in [0.717, 1.165) is 0 Å². The molecule has 3 aliphatic rings. The number of primary amides is 1. The largest absolute Gasteiger partial charge is 0.507 e. The summed E-state index contributed by atoms with van der Waals surface area (Å²) in [6, 6.07) is 1.75. The Morgan fingerprint density at radius 3 is 2.46 bits per heavy atom. The molecule has 11 heteroatoms. The molecule has 2 saturated carbocycles. The molecular weight excluding hydrogens is 480 g/mol. The van der Waals surface area contributed by atoms with E-state index in [1.54, 1.807) is 6.07 Å². The summed E-state index contributed by atoms with van der Waals surface area (Å²) in [5, 5.41) is 30.7. The maximum Gasteiger partial charge on any atom is 0.235 e. The lowest BCUT2D eigenvalue weighted by Crippen LogP contribution is -2.74. The van der Waals surface area contributed by atoms with Gasteiger partial charge >= 0.3 is 0 Å². The third-order valence-corrected chi connectivity index (χ3v) is 7.97. The monoisotopic (exact) mass is 506 g/mol. The summed E-state index contributed by atoms with van der Waals surface area (Å²) >= 11 is 6.11. The number of carbonyl (C=O) groups excluding carboxylic acids is 5. The van der Waals surface area contributed by atoms with Gasteiger partial charge < -0.3 is 21.1 Å². The molecule has 1 amide bonds. The van der Waals surface area contributed by atoms with Gasteiger partial charge in [0.05, 0.1) is 29.5 Å². The highest BCUT2D eigenvalue weighted by Crippen LogP contribution is 2.51. The summed E-state index contributed by atoms with van der Waals surface area (Å²) in [4.78, 5) is 66.9. The maximum atomic E-state index is 13.7. The molecule has 0 saturated heterocycles. The molecule has 7 atom stereocenters. The molecular formula is C24H27ClN2O8. The van der Waals surface area contributed by atoms with E-state index in [9.17, 15) is 39.3 Å². The average Bonchev–Trinajstić information content (AvgIpc) is 2.77. The number of fused-ring (bicyclic) bond motifs is 3. The van der Waals surface area contributed by atoms with Crippen molar-refractivity contribution in [2.75, 3.05) is 20.7 Å². The van der Waals surface area contributed by atoms with Crippen molar-refractivity contribution < 1.29 is 39.3 Å². The molecule has 10 nitrogen and oxygen atoms in total. The number of aromatic hydroxyl groups is 1. The topological polar surface area (TPSA) is 175 Å². The second-order valence-electron chi connectivity index (χ2n) is 9.87. The number of aliphatic hydroxyl groups is 2. The fourth-order valence-electron chi connectivity index (χ4n) is 6.16. The number of ketones is 4. The lowest BCUT2D eigenvalue weighted by Gasteiger charge is -2.52. The Bertz CT molecular complexity index is 1150. The zero-order valence-corrected chi connectivity index (χ0v) is 20.0. The van der Waals surface area contributed by atoms with Crippen molar-refractivity contribution in [1.82, 2.24) is 4.90 Å². The number of phenolic OH excluding ortho intramolecular Hbond substituents is 1. The van der Waals surface area contributed by atoms with Gasteiger partial charge in [-0.05, 0) is 56.5 Å². The number of nitrogens with two attached hydrogens (primary N) is 1. The number of hydrogen-bond acceptors (Lipinski definition) is 9. The highest BCUT2D eigenvalue weighted by molar-refractivity contribution is 6.32. The number of rotatable bonds is 5. The Morgan fingerprint density at radius 1 is 1.23 bits per heavy atom. The van der Waals surface area contributed by atoms with Crippen LogP contribution in [0.4, 0.5) is 0 Å². The summed E-state index contributed by atoms with van der Waals surface area (Å²) < 4.78 is 0. The van der Waals surface area contributed by atoms with Crippen molar-refractivity contribution in [2.45, 2.75) is 36.3 Å². The Kier molecular flexibility index (Phi) is 6.38. The van der Waals surface area contributed by atoms with Gasteiger partial charge in [-0.2, -0.15) is 0 Å². The summed E-state index contributed by atoms with van der Waals surface area (Å²) in [7, 11) is 3.06. The van der Waals surface area contributed by atoms with Gasteiger partial charge in [-0.1, -0.05) is 6.07 Å². The Balaban J connectivity index is 1.85. The lowest BCUT2D eigenvalue weighted by atomic mass is 9.52. The van der Waals surface area contributed by atoms with Crippen LogP contribution in [0.25, 0.3) is 0 Å². The van der Waals surface area contributed by atoms with E-state index in [-0.39, 0.29) is 37.2 Å². The second kappa shape index (κ2) is 8.77. The van der Waals surface area contributed by atoms with E-state index < -0.39 is 69.7 Å². The minimum Gasteiger partial charge on any atom is -0.507 e. The number of Topliss-reactive ketones (excluding diaryl/α,β-unsaturated/α-hetero) is 4. The predicted molar refractivity (Wildman–Crippen MR) is 122 cm³/mol. The summed E-state index contributed by atoms with van der Waals surface area (Å²) in [6.45, 7) is -0.305. The number of phenols is 1. The minimum absolute atomic E-state index is 0.0245. The SMILES string of the molecule is CN(C)[C@H]1C(=O)C(C(N)=O)C(=O)[C@]2(O)C(=O)C3C(=O)c4c(O)ccc(CC(Cl)CO)c4C[C@@H]3C[C@H]12. The number of nitrogens with zero attached hydrogens (tertiary/aromatic N) is 1. The molecule has 0 aromatic heterocycles. The number of hydrogen-bond donors (Lipinski definition) is 4. The van der Waals surface area contributed by atoms with Crippen molar-refractivity contribution in [3.8, 4) is 5.75 Å². The van der Waals surface area contributed by atoms with Crippen molar-refractivity contribution in [3.63, 3.8) is 0 Å². The summed E-state index contributed by atoms with van der Waals surface area (Å²) in [5.41, 5.74) is 3.57. The average molecular weight is 507 g/mol. The van der Waals surface area contributed by atoms with Crippen LogP contribution in [0.3, 0.4) is 0 Å². The number of carbonyl (C=O) groups is 5. The molecule has 35 heavy (non-hydrogen) atoms. The van der Waals surface area contributed by atoms with Gasteiger partial charge in [0.15, 0.2) is 34.7 Å². The van der Waals surface area contributed by atoms with E-state index in [0.29, 0.717) is 11.1 Å². The molecule has 0 heterocycles. The normalized spacial score (nSPS) is 33.3. The molecule has 3 aliphatic carbocycles. The summed E-state index contributed by atoms with van der Waals surface area (Å²) in [5.74, 6) is -10.8. The van der Waals surface area contributed by atoms with Gasteiger partial charge in [0.2, 0.25) is 5.91 Å². The number of alkyl halides is 1. The Morgan fingerprint density at radius 2 is 1.89 bits per heavy atom. The molecule has 4 rings (SSSR count). The van der Waals surface area contributed by atoms with Crippen molar-refractivity contribution in [2.24, 2.45) is 29.4 Å². The summed E-state index contributed by atoms with van der Waals surface area (Å²) in [6.07, 6.45) is 0.345. The lowest BCUT2D eigenvalue weighted by molar-refractivity contribution is -0.181. The first-order valence-electron chi connectivity index (χ1n) is 11.3. The first-order valence-corrected chi connectivity index (χ1v) is 11.7. The van der Waals surface area contributed by atoms with Gasteiger partial charge in [0.1, 0.15) is 5.75 Å². The van der Waals surface area contributed by atoms with E-state index in [1.807, 2.05) is 0 Å². The second-order valence-corrected chi connectivity index (χ2v) is 10.5. The first-order chi connectivity index (χ1) is 16.4. The van der Waals surface area contributed by atoms with Gasteiger partial charge in [-0.3, -0.25) is 28.9 Å². The number of likely N-dealkylation sites (N-methyl/N-ethyl adjacent to an activating group) is 1. The first kappa shape index (κ1) is 25.4. The third kappa shape index (κ3) is 3.62. The van der Waals surface area contributed by atoms with Crippen LogP contribution in [0.5, 0.6) is 5.75 Å². The van der Waals surface area contributed by atoms with Gasteiger partial charge in [-0.25, -0.2) is 0 Å². The van der Waals surface area contributed by atoms with Crippen LogP contribution in [-0.2, 0) is 32.0 Å². The minimum atomic E-state index is -2.75. The molecule has 0 spiro atoms. The number of halogens is 1. The predicted octanol–water partition coefficient (Wildman–Crippen LogP) is -0.991. The van der Waals surface area contributed by atoms with Crippen molar-refractivity contribution >= 4 is 40.6 Å². The Hall–Kier alpha value is -2.66. The molecule has 2 fully saturated rings. The van der Waals surface area contributed by atoms with Crippen molar-refractivity contribution in [3.05, 3.63) is 28.8 Å². The standard InChI is InChI=1S/C24H27ClN2O8/c1-27(2)18-13-7-10-6-12-9(5-11(25)8-28)3-4-14(29)16(12)19(30)15(10)21(32)24(13,35)22(33)17(20(18)31)23(26)34/h3-4,10-11,13,15,17-18,28-29,35H,5-8H2,1-2H3,(H2,26,34)/t10-,11?,13-,15?,17?,18-,24-/m1/s1. The number of amides is 1. The van der Waals surface area contributed by atoms with Gasteiger partial charge in [0.25, 0.3) is 0 Å². The quantitative estimate of drug-likeness (QED) is 0.288. The van der Waals surface area contributed by atoms with Crippen LogP contribution in [0.2, 0.25) is 0 Å². The van der Waals surface area contributed by atoms with E-state index in [1.165, 1.54) is 25.1 Å². The molecule has 1 aromatic rings. The van der Waals surface area contributed by atoms with Crippen molar-refractivity contribution in [1.29, 1.82) is 0 Å². The Labute approximate surface area is 206 Å². The molecule has 1 aromatic carbocycles. The number of benzene rings is 1. The van der Waals surface area contributed by atoms with Gasteiger partial charge in [-0.15, -0.1) is 11.6 Å². The maximum absolute atomic E-state index is 13.7. The van der Waals surface area contributed by atoms with Crippen LogP contribution in [0.1, 0.15) is 27.9 Å². The zero-order chi connectivity index (χ0) is 26.0. The van der Waals surface area contributed by atoms with Crippen LogP contribution in [-0.4, -0.2) is 87.0 Å². The molecule has 0 bridgehead atoms. The van der Waals surface area contributed by atoms with Crippen LogP contribution >= 0.6 is 11.6 Å². The van der Waals surface area contributed by atoms with E-state index in [4.69, 9.17) is 17.3 Å².